The molecule has 15 aromatic carbocycles. The largest absolute Gasteiger partial charge is 0.456 e. The number of para-hydroxylation sites is 3. The number of hydrogen-bond donors (Lipinski definition) is 0. The Labute approximate surface area is 633 Å². The summed E-state index contributed by atoms with van der Waals surface area (Å²) in [6, 6.07) is 116. The third kappa shape index (κ3) is 9.54. The summed E-state index contributed by atoms with van der Waals surface area (Å²) in [6.45, 7) is 4.60. The first-order valence-electron chi connectivity index (χ1n) is 37.1. The van der Waals surface area contributed by atoms with E-state index in [1.54, 1.807) is 0 Å². The van der Waals surface area contributed by atoms with Crippen LogP contribution in [0.15, 0.2) is 336 Å². The van der Waals surface area contributed by atoms with Crippen LogP contribution in [-0.4, -0.2) is 39.0 Å². The minimum Gasteiger partial charge on any atom is -0.456 e. The smallest absolute Gasteiger partial charge is 0.164 e. The fraction of sp³-hybridized carbons (Fsp3) is 0.0303. The van der Waals surface area contributed by atoms with Gasteiger partial charge >= 0.3 is 0 Å². The summed E-state index contributed by atoms with van der Waals surface area (Å²) >= 11 is 1.86. The molecule has 0 aliphatic heterocycles. The zero-order valence-electron chi connectivity index (χ0n) is 59.5. The van der Waals surface area contributed by atoms with Crippen molar-refractivity contribution in [1.29, 1.82) is 0 Å². The number of fused-ring (bicyclic) bond motifs is 19. The number of aromatic nitrogens is 8. The first-order valence-corrected chi connectivity index (χ1v) is 37.9. The molecule has 23 rings (SSSR count). The molecular formula is C99H60N8O2S. The normalized spacial score (nSPS) is 12.7. The fourth-order valence-corrected chi connectivity index (χ4v) is 18.6. The van der Waals surface area contributed by atoms with Gasteiger partial charge in [0.05, 0.1) is 32.5 Å². The standard InChI is InChI=1S/C99H60N8O2S/c1-99(2)79-29-13-9-23-68(79)69-47-44-64(53-80(69)99)97-103-94(60-21-7-4-8-22-60)104-98(105-97)65-45-49-71-72-50-46-66(56-87(72)108-85(71)55-65)106-82-31-15-11-26-78(82)89-67(27-17-32-83(89)106)58-37-41-62(42-38-58)96-101-93(59-19-5-3-6-20-59)100-95(102-96)61-39-35-57(36-40-61)63-43-48-73-76-28-18-33-84(91(76)109-86(73)54-63)107-81-30-14-10-24-70(81)75-51-52-77-74-25-12-16-34-88(74)110-92(77)90(75)107/h3-56H,1-2H3. The summed E-state index contributed by atoms with van der Waals surface area (Å²) in [5.74, 6) is 3.56. The van der Waals surface area contributed by atoms with Crippen LogP contribution in [0.1, 0.15) is 25.0 Å². The van der Waals surface area contributed by atoms with Crippen molar-refractivity contribution in [3.8, 4) is 113 Å². The molecule has 0 spiro atoms. The summed E-state index contributed by atoms with van der Waals surface area (Å²) in [6.07, 6.45) is 0. The Morgan fingerprint density at radius 1 is 0.282 bits per heavy atom. The Kier molecular flexibility index (Phi) is 13.5. The third-order valence-electron chi connectivity index (χ3n) is 22.7. The van der Waals surface area contributed by atoms with Crippen LogP contribution >= 0.6 is 11.3 Å². The van der Waals surface area contributed by atoms with E-state index in [-0.39, 0.29) is 5.41 Å². The Morgan fingerprint density at radius 3 is 1.46 bits per heavy atom. The van der Waals surface area contributed by atoms with Gasteiger partial charge in [-0.3, -0.25) is 0 Å². The van der Waals surface area contributed by atoms with Crippen LogP contribution < -0.4 is 0 Å². The summed E-state index contributed by atoms with van der Waals surface area (Å²) in [5, 5.41) is 11.5. The number of rotatable bonds is 10. The van der Waals surface area contributed by atoms with Gasteiger partial charge in [0.1, 0.15) is 16.7 Å². The van der Waals surface area contributed by atoms with Gasteiger partial charge in [-0.15, -0.1) is 11.3 Å². The minimum atomic E-state index is -0.177. The lowest BCUT2D eigenvalue weighted by Gasteiger charge is -2.21. The van der Waals surface area contributed by atoms with E-state index in [4.69, 9.17) is 38.7 Å². The molecule has 7 heterocycles. The van der Waals surface area contributed by atoms with Gasteiger partial charge in [0.2, 0.25) is 0 Å². The molecule has 0 fully saturated rings. The fourth-order valence-electron chi connectivity index (χ4n) is 17.4. The monoisotopic (exact) mass is 1420 g/mol. The summed E-state index contributed by atoms with van der Waals surface area (Å²) in [5.41, 5.74) is 24.3. The molecule has 0 saturated heterocycles. The average molecular weight is 1430 g/mol. The van der Waals surface area contributed by atoms with Gasteiger partial charge in [0.25, 0.3) is 0 Å². The molecule has 514 valence electrons. The molecule has 11 heteroatoms. The summed E-state index contributed by atoms with van der Waals surface area (Å²) < 4.78 is 21.3. The van der Waals surface area contributed by atoms with Crippen molar-refractivity contribution in [1.82, 2.24) is 39.0 Å². The van der Waals surface area contributed by atoms with Crippen LogP contribution in [0.3, 0.4) is 0 Å². The van der Waals surface area contributed by atoms with Crippen molar-refractivity contribution in [3.05, 3.63) is 339 Å². The Hall–Kier alpha value is -14.3. The van der Waals surface area contributed by atoms with Crippen LogP contribution in [0.4, 0.5) is 0 Å². The van der Waals surface area contributed by atoms with Crippen LogP contribution in [-0.2, 0) is 5.41 Å². The van der Waals surface area contributed by atoms with E-state index in [0.717, 1.165) is 138 Å². The molecule has 0 saturated carbocycles. The number of thiophene rings is 1. The minimum absolute atomic E-state index is 0.177. The highest BCUT2D eigenvalue weighted by Crippen LogP contribution is 2.51. The molecular weight excluding hydrogens is 1370 g/mol. The molecule has 110 heavy (non-hydrogen) atoms. The third-order valence-corrected chi connectivity index (χ3v) is 23.9. The second-order valence-electron chi connectivity index (χ2n) is 29.2. The van der Waals surface area contributed by atoms with Crippen LogP contribution in [0.25, 0.3) is 221 Å². The van der Waals surface area contributed by atoms with Crippen LogP contribution in [0.2, 0.25) is 0 Å². The maximum Gasteiger partial charge on any atom is 0.164 e. The van der Waals surface area contributed by atoms with Crippen LogP contribution in [0, 0.1) is 0 Å². The van der Waals surface area contributed by atoms with Gasteiger partial charge in [-0.1, -0.05) is 263 Å². The maximum absolute atomic E-state index is 7.04. The highest BCUT2D eigenvalue weighted by atomic mass is 32.1. The van der Waals surface area contributed by atoms with Gasteiger partial charge in [-0.05, 0) is 117 Å². The Bertz CT molecular complexity index is 7620. The molecule has 22 aromatic rings. The van der Waals surface area contributed by atoms with E-state index in [1.807, 2.05) is 72.0 Å². The van der Waals surface area contributed by atoms with Gasteiger partial charge in [-0.25, -0.2) is 29.9 Å². The van der Waals surface area contributed by atoms with Crippen molar-refractivity contribution in [2.45, 2.75) is 19.3 Å². The SMILES string of the molecule is CC1(C)c2ccccc2-c2ccc(-c3nc(-c4ccccc4)nc(-c4ccc5c(c4)oc4cc(-n6c7ccccc7c7c(-c8ccc(-c9nc(-c%10ccccc%10)nc(-c%10ccc(-c%11ccc%12c(c%11)oc%11c(-n%13c%14ccccc%14c%14ccc%15c%16ccccc%16sc%15c%14%13)cccc%11%12)cc%10)n9)cc8)cccc76)ccc45)n3)cc21. The van der Waals surface area contributed by atoms with Gasteiger partial charge < -0.3 is 18.0 Å². The first kappa shape index (κ1) is 62.0. The highest BCUT2D eigenvalue weighted by Gasteiger charge is 2.36. The molecule has 0 bridgehead atoms. The topological polar surface area (TPSA) is 113 Å². The zero-order valence-corrected chi connectivity index (χ0v) is 60.3. The second-order valence-corrected chi connectivity index (χ2v) is 30.3. The van der Waals surface area contributed by atoms with Gasteiger partial charge in [0.15, 0.2) is 40.5 Å². The molecule has 0 atom stereocenters. The van der Waals surface area contributed by atoms with E-state index in [2.05, 4.69) is 290 Å². The lowest BCUT2D eigenvalue weighted by Crippen LogP contribution is -2.15. The second kappa shape index (κ2) is 23.9. The molecule has 0 amide bonds. The predicted molar refractivity (Wildman–Crippen MR) is 450 cm³/mol. The van der Waals surface area contributed by atoms with Crippen molar-refractivity contribution in [2.24, 2.45) is 0 Å². The number of furan rings is 2. The van der Waals surface area contributed by atoms with E-state index < -0.39 is 0 Å². The Balaban J connectivity index is 0.561. The zero-order chi connectivity index (χ0) is 72.5. The molecule has 0 N–H and O–H groups in total. The molecule has 1 aliphatic rings. The van der Waals surface area contributed by atoms with Gasteiger partial charge in [0, 0.05) is 109 Å². The van der Waals surface area contributed by atoms with Crippen molar-refractivity contribution in [2.75, 3.05) is 0 Å². The predicted octanol–water partition coefficient (Wildman–Crippen LogP) is 26.1. The van der Waals surface area contributed by atoms with Crippen LogP contribution in [0.5, 0.6) is 0 Å². The molecule has 10 nitrogen and oxygen atoms in total. The molecule has 7 aromatic heterocycles. The summed E-state index contributed by atoms with van der Waals surface area (Å²) in [7, 11) is 0. The highest BCUT2D eigenvalue weighted by molar-refractivity contribution is 7.26. The average Bonchev–Trinajstić information content (AvgIpc) is 1.54. The Morgan fingerprint density at radius 2 is 0.745 bits per heavy atom. The molecule has 0 radical (unpaired) electrons. The molecule has 0 unspecified atom stereocenters. The lowest BCUT2D eigenvalue weighted by atomic mass is 9.82. The van der Waals surface area contributed by atoms with E-state index >= 15 is 0 Å². The van der Waals surface area contributed by atoms with Crippen molar-refractivity contribution >= 4 is 119 Å². The maximum atomic E-state index is 7.04. The van der Waals surface area contributed by atoms with Gasteiger partial charge in [-0.2, -0.15) is 0 Å². The number of nitrogens with zero attached hydrogens (tertiary/aromatic N) is 8. The summed E-state index contributed by atoms with van der Waals surface area (Å²) in [4.78, 5) is 31.0. The number of hydrogen-bond acceptors (Lipinski definition) is 9. The quantitative estimate of drug-likeness (QED) is 0.133. The number of benzene rings is 15. The first-order chi connectivity index (χ1) is 54.2. The molecule has 1 aliphatic carbocycles. The van der Waals surface area contributed by atoms with E-state index in [9.17, 15) is 0 Å². The van der Waals surface area contributed by atoms with Crippen molar-refractivity contribution < 1.29 is 8.83 Å². The lowest BCUT2D eigenvalue weighted by molar-refractivity contribution is 0.660. The van der Waals surface area contributed by atoms with Crippen molar-refractivity contribution in [3.63, 3.8) is 0 Å². The van der Waals surface area contributed by atoms with E-state index in [1.165, 1.54) is 58.7 Å². The van der Waals surface area contributed by atoms with E-state index in [0.29, 0.717) is 34.9 Å².